The van der Waals surface area contributed by atoms with E-state index in [2.05, 4.69) is 36.8 Å². The zero-order chi connectivity index (χ0) is 16.3. The first kappa shape index (κ1) is 17.2. The first-order valence-corrected chi connectivity index (χ1v) is 8.65. The van der Waals surface area contributed by atoms with Crippen LogP contribution in [0.15, 0.2) is 39.7 Å². The fourth-order valence-electron chi connectivity index (χ4n) is 2.11. The van der Waals surface area contributed by atoms with Gasteiger partial charge in [-0.1, -0.05) is 44.2 Å². The molecule has 0 aliphatic heterocycles. The van der Waals surface area contributed by atoms with E-state index in [1.807, 2.05) is 55.7 Å². The Bertz CT molecular complexity index is 654. The minimum atomic E-state index is -0.374. The van der Waals surface area contributed by atoms with E-state index in [1.54, 1.807) is 0 Å². The van der Waals surface area contributed by atoms with Gasteiger partial charge in [-0.05, 0) is 50.3 Å². The SMILES string of the molecule is CC(C)COC(=O)c1c(Br)nc(Br)n1[C@H](C)c1ccccc1. The summed E-state index contributed by atoms with van der Waals surface area (Å²) >= 11 is 6.78. The van der Waals surface area contributed by atoms with E-state index in [0.29, 0.717) is 21.6 Å². The van der Waals surface area contributed by atoms with Crippen LogP contribution in [0.5, 0.6) is 0 Å². The second-order valence-electron chi connectivity index (χ2n) is 5.47. The summed E-state index contributed by atoms with van der Waals surface area (Å²) in [4.78, 5) is 16.7. The lowest BCUT2D eigenvalue weighted by atomic mass is 10.1. The summed E-state index contributed by atoms with van der Waals surface area (Å²) in [5.41, 5.74) is 1.51. The summed E-state index contributed by atoms with van der Waals surface area (Å²) in [5.74, 6) is -0.0874. The van der Waals surface area contributed by atoms with Gasteiger partial charge in [-0.3, -0.25) is 0 Å². The number of aromatic nitrogens is 2. The van der Waals surface area contributed by atoms with Crippen LogP contribution in [0, 0.1) is 5.92 Å². The number of carbonyl (C=O) groups is 1. The molecule has 0 aliphatic rings. The van der Waals surface area contributed by atoms with Crippen molar-refractivity contribution in [2.24, 2.45) is 5.92 Å². The van der Waals surface area contributed by atoms with Gasteiger partial charge in [0.25, 0.3) is 0 Å². The maximum Gasteiger partial charge on any atom is 0.357 e. The summed E-state index contributed by atoms with van der Waals surface area (Å²) in [5, 5.41) is 0. The van der Waals surface area contributed by atoms with Crippen molar-refractivity contribution in [1.82, 2.24) is 9.55 Å². The summed E-state index contributed by atoms with van der Waals surface area (Å²) in [6.07, 6.45) is 0. The fourth-order valence-corrected chi connectivity index (χ4v) is 3.53. The number of hydrogen-bond donors (Lipinski definition) is 0. The quantitative estimate of drug-likeness (QED) is 0.639. The van der Waals surface area contributed by atoms with E-state index < -0.39 is 0 Å². The van der Waals surface area contributed by atoms with E-state index in [0.717, 1.165) is 5.56 Å². The van der Waals surface area contributed by atoms with Gasteiger partial charge in [0.15, 0.2) is 10.4 Å². The predicted octanol–water partition coefficient (Wildman–Crippen LogP) is 4.83. The molecule has 0 saturated carbocycles. The highest BCUT2D eigenvalue weighted by atomic mass is 79.9. The Morgan fingerprint density at radius 2 is 1.86 bits per heavy atom. The number of benzene rings is 1. The average Bonchev–Trinajstić information content (AvgIpc) is 2.79. The molecule has 4 nitrogen and oxygen atoms in total. The Kier molecular flexibility index (Phi) is 5.81. The van der Waals surface area contributed by atoms with E-state index in [9.17, 15) is 4.79 Å². The topological polar surface area (TPSA) is 44.1 Å². The third-order valence-electron chi connectivity index (χ3n) is 3.24. The predicted molar refractivity (Wildman–Crippen MR) is 93.0 cm³/mol. The summed E-state index contributed by atoms with van der Waals surface area (Å²) in [6.45, 7) is 6.41. The highest BCUT2D eigenvalue weighted by molar-refractivity contribution is 9.11. The van der Waals surface area contributed by atoms with Gasteiger partial charge in [-0.15, -0.1) is 0 Å². The molecule has 0 N–H and O–H groups in total. The van der Waals surface area contributed by atoms with E-state index in [4.69, 9.17) is 4.74 Å². The van der Waals surface area contributed by atoms with E-state index in [1.165, 1.54) is 0 Å². The Balaban J connectivity index is 2.37. The monoisotopic (exact) mass is 428 g/mol. The molecule has 0 spiro atoms. The lowest BCUT2D eigenvalue weighted by Gasteiger charge is -2.18. The molecule has 1 aromatic carbocycles. The number of esters is 1. The average molecular weight is 430 g/mol. The minimum absolute atomic E-state index is 0.0454. The first-order valence-electron chi connectivity index (χ1n) is 7.07. The molecular weight excluding hydrogens is 412 g/mol. The molecule has 118 valence electrons. The summed E-state index contributed by atoms with van der Waals surface area (Å²) in [6, 6.07) is 9.91. The molecule has 6 heteroatoms. The second kappa shape index (κ2) is 7.42. The van der Waals surface area contributed by atoms with Crippen molar-refractivity contribution < 1.29 is 9.53 Å². The highest BCUT2D eigenvalue weighted by Gasteiger charge is 2.26. The molecule has 2 rings (SSSR count). The number of carbonyl (C=O) groups excluding carboxylic acids is 1. The van der Waals surface area contributed by atoms with Crippen LogP contribution in [0.25, 0.3) is 0 Å². The zero-order valence-corrected chi connectivity index (χ0v) is 15.9. The maximum atomic E-state index is 12.4. The Hall–Kier alpha value is -1.14. The van der Waals surface area contributed by atoms with Gasteiger partial charge in [0, 0.05) is 0 Å². The van der Waals surface area contributed by atoms with Crippen LogP contribution >= 0.6 is 31.9 Å². The molecule has 22 heavy (non-hydrogen) atoms. The number of rotatable bonds is 5. The Morgan fingerprint density at radius 3 is 2.45 bits per heavy atom. The van der Waals surface area contributed by atoms with Crippen molar-refractivity contribution in [2.45, 2.75) is 26.8 Å². The van der Waals surface area contributed by atoms with Gasteiger partial charge in [-0.25, -0.2) is 9.78 Å². The fraction of sp³-hybridized carbons (Fsp3) is 0.375. The number of ether oxygens (including phenoxy) is 1. The molecule has 0 saturated heterocycles. The lowest BCUT2D eigenvalue weighted by molar-refractivity contribution is 0.0443. The number of nitrogens with zero attached hydrogens (tertiary/aromatic N) is 2. The third kappa shape index (κ3) is 3.79. The summed E-state index contributed by atoms with van der Waals surface area (Å²) < 4.78 is 8.27. The van der Waals surface area contributed by atoms with Crippen LogP contribution < -0.4 is 0 Å². The van der Waals surface area contributed by atoms with Crippen molar-refractivity contribution in [3.63, 3.8) is 0 Å². The largest absolute Gasteiger partial charge is 0.461 e. The van der Waals surface area contributed by atoms with Gasteiger partial charge in [-0.2, -0.15) is 0 Å². The highest BCUT2D eigenvalue weighted by Crippen LogP contribution is 2.30. The number of imidazole rings is 1. The van der Waals surface area contributed by atoms with Crippen LogP contribution in [0.3, 0.4) is 0 Å². The molecule has 0 radical (unpaired) electrons. The van der Waals surface area contributed by atoms with E-state index >= 15 is 0 Å². The van der Waals surface area contributed by atoms with Crippen molar-refractivity contribution >= 4 is 37.8 Å². The number of hydrogen-bond acceptors (Lipinski definition) is 3. The smallest absolute Gasteiger partial charge is 0.357 e. The van der Waals surface area contributed by atoms with Crippen molar-refractivity contribution in [3.8, 4) is 0 Å². The molecule has 1 atom stereocenters. The van der Waals surface area contributed by atoms with Gasteiger partial charge >= 0.3 is 5.97 Å². The van der Waals surface area contributed by atoms with Crippen LogP contribution in [0.4, 0.5) is 0 Å². The lowest BCUT2D eigenvalue weighted by Crippen LogP contribution is -2.18. The van der Waals surface area contributed by atoms with Gasteiger partial charge in [0.05, 0.1) is 12.6 Å². The maximum absolute atomic E-state index is 12.4. The van der Waals surface area contributed by atoms with Crippen molar-refractivity contribution in [2.75, 3.05) is 6.61 Å². The van der Waals surface area contributed by atoms with Crippen LogP contribution in [-0.4, -0.2) is 22.1 Å². The molecule has 0 fully saturated rings. The molecule has 0 aliphatic carbocycles. The second-order valence-corrected chi connectivity index (χ2v) is 6.93. The molecule has 0 amide bonds. The van der Waals surface area contributed by atoms with Gasteiger partial charge in [0.2, 0.25) is 0 Å². The molecule has 0 bridgehead atoms. The van der Waals surface area contributed by atoms with E-state index in [-0.39, 0.29) is 17.9 Å². The van der Waals surface area contributed by atoms with Crippen LogP contribution in [-0.2, 0) is 4.74 Å². The Labute approximate surface area is 147 Å². The summed E-state index contributed by atoms with van der Waals surface area (Å²) in [7, 11) is 0. The third-order valence-corrected chi connectivity index (χ3v) is 4.35. The van der Waals surface area contributed by atoms with Crippen molar-refractivity contribution in [1.29, 1.82) is 0 Å². The van der Waals surface area contributed by atoms with Crippen molar-refractivity contribution in [3.05, 3.63) is 50.9 Å². The molecule has 0 unspecified atom stereocenters. The normalized spacial score (nSPS) is 12.5. The number of halogens is 2. The molecule has 1 heterocycles. The molecule has 1 aromatic heterocycles. The standard InChI is InChI=1S/C16H18Br2N2O2/c1-10(2)9-22-15(21)13-14(17)19-16(18)20(13)11(3)12-7-5-4-6-8-12/h4-8,10-11H,9H2,1-3H3/t11-/m1/s1. The first-order chi connectivity index (χ1) is 10.4. The van der Waals surface area contributed by atoms with Gasteiger partial charge < -0.3 is 9.30 Å². The van der Waals surface area contributed by atoms with Crippen LogP contribution in [0.2, 0.25) is 0 Å². The minimum Gasteiger partial charge on any atom is -0.461 e. The molecular formula is C16H18Br2N2O2. The van der Waals surface area contributed by atoms with Gasteiger partial charge in [0.1, 0.15) is 4.60 Å². The Morgan fingerprint density at radius 1 is 1.23 bits per heavy atom. The molecule has 2 aromatic rings. The van der Waals surface area contributed by atoms with Crippen LogP contribution in [0.1, 0.15) is 42.9 Å². The zero-order valence-electron chi connectivity index (χ0n) is 12.7.